The van der Waals surface area contributed by atoms with Crippen LogP contribution in [0, 0.1) is 13.8 Å². The molecule has 0 aliphatic carbocycles. The lowest BCUT2D eigenvalue weighted by atomic mass is 10.2. The highest BCUT2D eigenvalue weighted by atomic mass is 16.5. The van der Waals surface area contributed by atoms with Crippen molar-refractivity contribution in [1.29, 1.82) is 0 Å². The Hall–Kier alpha value is -3.35. The van der Waals surface area contributed by atoms with Crippen molar-refractivity contribution in [1.82, 2.24) is 10.1 Å². The summed E-state index contributed by atoms with van der Waals surface area (Å²) in [5.41, 5.74) is 2.23. The van der Waals surface area contributed by atoms with Crippen molar-refractivity contribution in [3.05, 3.63) is 65.2 Å². The van der Waals surface area contributed by atoms with Gasteiger partial charge >= 0.3 is 0 Å². The average molecular weight is 367 g/mol. The van der Waals surface area contributed by atoms with E-state index in [1.54, 1.807) is 42.6 Å². The minimum atomic E-state index is -0.271. The van der Waals surface area contributed by atoms with Crippen LogP contribution in [0.2, 0.25) is 0 Å². The summed E-state index contributed by atoms with van der Waals surface area (Å²) in [5, 5.41) is 6.67. The predicted octanol–water partition coefficient (Wildman–Crippen LogP) is 3.92. The molecule has 0 radical (unpaired) electrons. The molecule has 0 unspecified atom stereocenters. The van der Waals surface area contributed by atoms with Crippen LogP contribution < -0.4 is 14.8 Å². The molecule has 3 aromatic rings. The van der Waals surface area contributed by atoms with E-state index in [1.165, 1.54) is 0 Å². The number of anilines is 1. The molecule has 0 saturated carbocycles. The molecule has 0 aliphatic heterocycles. The molecule has 0 spiro atoms. The SMILES string of the molecule is CCOc1cccnc1NC(=O)c1ccc(OCc2c(C)noc2C)cc1. The van der Waals surface area contributed by atoms with E-state index in [0.717, 1.165) is 17.0 Å². The zero-order chi connectivity index (χ0) is 19.2. The van der Waals surface area contributed by atoms with Gasteiger partial charge in [0.1, 0.15) is 18.1 Å². The fourth-order valence-electron chi connectivity index (χ4n) is 2.50. The Balaban J connectivity index is 1.64. The summed E-state index contributed by atoms with van der Waals surface area (Å²) >= 11 is 0. The minimum Gasteiger partial charge on any atom is -0.490 e. The maximum Gasteiger partial charge on any atom is 0.256 e. The van der Waals surface area contributed by atoms with E-state index >= 15 is 0 Å². The summed E-state index contributed by atoms with van der Waals surface area (Å²) in [4.78, 5) is 16.6. The molecule has 0 aliphatic rings. The zero-order valence-electron chi connectivity index (χ0n) is 15.5. The van der Waals surface area contributed by atoms with Gasteiger partial charge in [0.15, 0.2) is 11.6 Å². The molecule has 27 heavy (non-hydrogen) atoms. The van der Waals surface area contributed by atoms with Crippen molar-refractivity contribution in [2.75, 3.05) is 11.9 Å². The molecular weight excluding hydrogens is 346 g/mol. The number of hydrogen-bond acceptors (Lipinski definition) is 6. The molecule has 7 heteroatoms. The fourth-order valence-corrected chi connectivity index (χ4v) is 2.50. The van der Waals surface area contributed by atoms with Crippen LogP contribution in [-0.4, -0.2) is 22.7 Å². The van der Waals surface area contributed by atoms with Gasteiger partial charge in [-0.05, 0) is 57.2 Å². The molecule has 2 heterocycles. The number of aryl methyl sites for hydroxylation is 2. The number of nitrogens with zero attached hydrogens (tertiary/aromatic N) is 2. The van der Waals surface area contributed by atoms with Gasteiger partial charge in [0.25, 0.3) is 5.91 Å². The van der Waals surface area contributed by atoms with Gasteiger partial charge in [0.05, 0.1) is 17.9 Å². The van der Waals surface area contributed by atoms with Gasteiger partial charge in [-0.1, -0.05) is 5.16 Å². The van der Waals surface area contributed by atoms with Crippen molar-refractivity contribution in [3.63, 3.8) is 0 Å². The Kier molecular flexibility index (Phi) is 5.71. The number of hydrogen-bond donors (Lipinski definition) is 1. The zero-order valence-corrected chi connectivity index (χ0v) is 15.5. The molecule has 3 rings (SSSR count). The summed E-state index contributed by atoms with van der Waals surface area (Å²) < 4.78 is 16.3. The third-order valence-electron chi connectivity index (χ3n) is 3.98. The number of amides is 1. The molecule has 2 aromatic heterocycles. The van der Waals surface area contributed by atoms with Crippen LogP contribution in [0.15, 0.2) is 47.1 Å². The van der Waals surface area contributed by atoms with Crippen molar-refractivity contribution in [3.8, 4) is 11.5 Å². The van der Waals surface area contributed by atoms with Gasteiger partial charge in [-0.3, -0.25) is 4.79 Å². The lowest BCUT2D eigenvalue weighted by Crippen LogP contribution is -2.14. The van der Waals surface area contributed by atoms with Crippen LogP contribution in [0.25, 0.3) is 0 Å². The van der Waals surface area contributed by atoms with Crippen molar-refractivity contribution in [2.45, 2.75) is 27.4 Å². The number of aromatic nitrogens is 2. The van der Waals surface area contributed by atoms with E-state index in [9.17, 15) is 4.79 Å². The Labute approximate surface area is 157 Å². The van der Waals surface area contributed by atoms with Gasteiger partial charge in [0.2, 0.25) is 0 Å². The third kappa shape index (κ3) is 4.44. The molecule has 1 aromatic carbocycles. The molecule has 7 nitrogen and oxygen atoms in total. The fraction of sp³-hybridized carbons (Fsp3) is 0.250. The number of carbonyl (C=O) groups excluding carboxylic acids is 1. The first-order chi connectivity index (χ1) is 13.1. The second kappa shape index (κ2) is 8.35. The number of rotatable bonds is 7. The molecule has 0 fully saturated rings. The van der Waals surface area contributed by atoms with E-state index in [1.807, 2.05) is 20.8 Å². The highest BCUT2D eigenvalue weighted by Gasteiger charge is 2.12. The molecule has 0 bridgehead atoms. The number of benzene rings is 1. The Morgan fingerprint density at radius 2 is 1.93 bits per heavy atom. The van der Waals surface area contributed by atoms with Crippen LogP contribution in [0.1, 0.15) is 34.3 Å². The molecule has 1 amide bonds. The van der Waals surface area contributed by atoms with Crippen LogP contribution in [0.4, 0.5) is 5.82 Å². The van der Waals surface area contributed by atoms with E-state index in [-0.39, 0.29) is 5.91 Å². The summed E-state index contributed by atoms with van der Waals surface area (Å²) in [6, 6.07) is 10.4. The Morgan fingerprint density at radius 1 is 1.15 bits per heavy atom. The van der Waals surface area contributed by atoms with E-state index in [4.69, 9.17) is 14.0 Å². The highest BCUT2D eigenvalue weighted by molar-refractivity contribution is 6.04. The summed E-state index contributed by atoms with van der Waals surface area (Å²) in [7, 11) is 0. The normalized spacial score (nSPS) is 10.5. The number of carbonyl (C=O) groups is 1. The van der Waals surface area contributed by atoms with E-state index in [2.05, 4.69) is 15.5 Å². The standard InChI is InChI=1S/C20H21N3O4/c1-4-25-18-6-5-11-21-19(18)22-20(24)15-7-9-16(10-8-15)26-12-17-13(2)23-27-14(17)3/h5-11H,4,12H2,1-3H3,(H,21,22,24). The quantitative estimate of drug-likeness (QED) is 0.681. The third-order valence-corrected chi connectivity index (χ3v) is 3.98. The summed E-state index contributed by atoms with van der Waals surface area (Å²) in [6.45, 7) is 6.45. The number of ether oxygens (including phenoxy) is 2. The highest BCUT2D eigenvalue weighted by Crippen LogP contribution is 2.22. The smallest absolute Gasteiger partial charge is 0.256 e. The van der Waals surface area contributed by atoms with Crippen molar-refractivity contribution >= 4 is 11.7 Å². The van der Waals surface area contributed by atoms with E-state index < -0.39 is 0 Å². The molecule has 0 atom stereocenters. The van der Waals surface area contributed by atoms with Crippen LogP contribution in [0.5, 0.6) is 11.5 Å². The average Bonchev–Trinajstić information content (AvgIpc) is 3.00. The second-order valence-electron chi connectivity index (χ2n) is 5.85. The first-order valence-corrected chi connectivity index (χ1v) is 8.62. The summed E-state index contributed by atoms with van der Waals surface area (Å²) in [5.74, 6) is 2.05. The predicted molar refractivity (Wildman–Crippen MR) is 100 cm³/mol. The second-order valence-corrected chi connectivity index (χ2v) is 5.85. The van der Waals surface area contributed by atoms with Crippen LogP contribution >= 0.6 is 0 Å². The lowest BCUT2D eigenvalue weighted by Gasteiger charge is -2.10. The lowest BCUT2D eigenvalue weighted by molar-refractivity contribution is 0.102. The van der Waals surface area contributed by atoms with Gasteiger partial charge in [-0.25, -0.2) is 4.98 Å². The van der Waals surface area contributed by atoms with Gasteiger partial charge in [0, 0.05) is 11.8 Å². The topological polar surface area (TPSA) is 86.5 Å². The van der Waals surface area contributed by atoms with Gasteiger partial charge in [-0.2, -0.15) is 0 Å². The molecule has 140 valence electrons. The van der Waals surface area contributed by atoms with Crippen molar-refractivity contribution < 1.29 is 18.8 Å². The first-order valence-electron chi connectivity index (χ1n) is 8.62. The Morgan fingerprint density at radius 3 is 2.59 bits per heavy atom. The molecule has 1 N–H and O–H groups in total. The first kappa shape index (κ1) is 18.4. The van der Waals surface area contributed by atoms with E-state index in [0.29, 0.717) is 36.1 Å². The monoisotopic (exact) mass is 367 g/mol. The minimum absolute atomic E-state index is 0.271. The molecule has 0 saturated heterocycles. The maximum absolute atomic E-state index is 12.4. The number of pyridine rings is 1. The Bertz CT molecular complexity index is 900. The maximum atomic E-state index is 12.4. The summed E-state index contributed by atoms with van der Waals surface area (Å²) in [6.07, 6.45) is 1.60. The van der Waals surface area contributed by atoms with Gasteiger partial charge < -0.3 is 19.3 Å². The largest absolute Gasteiger partial charge is 0.490 e. The molecular formula is C20H21N3O4. The van der Waals surface area contributed by atoms with Gasteiger partial charge in [-0.15, -0.1) is 0 Å². The van der Waals surface area contributed by atoms with Crippen LogP contribution in [-0.2, 0) is 6.61 Å². The van der Waals surface area contributed by atoms with Crippen LogP contribution in [0.3, 0.4) is 0 Å². The number of nitrogens with one attached hydrogen (secondary N) is 1. The van der Waals surface area contributed by atoms with Crippen molar-refractivity contribution in [2.24, 2.45) is 0 Å².